The highest BCUT2D eigenvalue weighted by molar-refractivity contribution is 9.10. The number of anilines is 1. The van der Waals surface area contributed by atoms with Gasteiger partial charge >= 0.3 is 6.09 Å². The Morgan fingerprint density at radius 2 is 2.00 bits per heavy atom. The smallest absolute Gasteiger partial charge is 0.423 e. The summed E-state index contributed by atoms with van der Waals surface area (Å²) in [5, 5.41) is 8.13. The summed E-state index contributed by atoms with van der Waals surface area (Å²) in [5.74, 6) is 0.298. The third-order valence-corrected chi connectivity index (χ3v) is 5.06. The van der Waals surface area contributed by atoms with E-state index in [0.717, 1.165) is 4.90 Å². The second kappa shape index (κ2) is 9.14. The number of rotatable bonds is 0. The summed E-state index contributed by atoms with van der Waals surface area (Å²) >= 11 is 3.39. The van der Waals surface area contributed by atoms with Crippen LogP contribution in [0.1, 0.15) is 31.1 Å². The number of carbonyl (C=O) groups excluding carboxylic acids is 2. The number of aromatic nitrogens is 4. The van der Waals surface area contributed by atoms with Crippen molar-refractivity contribution in [2.24, 2.45) is 0 Å². The molecule has 1 aliphatic rings. The van der Waals surface area contributed by atoms with Crippen molar-refractivity contribution in [1.82, 2.24) is 19.7 Å². The fourth-order valence-electron chi connectivity index (χ4n) is 3.16. The molecular formula is C23H22BrN5O4. The van der Waals surface area contributed by atoms with Gasteiger partial charge in [0.1, 0.15) is 35.8 Å². The second-order valence-corrected chi connectivity index (χ2v) is 9.15. The van der Waals surface area contributed by atoms with E-state index in [1.807, 2.05) is 12.2 Å². The summed E-state index contributed by atoms with van der Waals surface area (Å²) in [7, 11) is 0. The first-order valence-electron chi connectivity index (χ1n) is 10.2. The van der Waals surface area contributed by atoms with Crippen molar-refractivity contribution in [1.29, 1.82) is 0 Å². The highest BCUT2D eigenvalue weighted by Crippen LogP contribution is 2.29. The second-order valence-electron chi connectivity index (χ2n) is 8.23. The minimum absolute atomic E-state index is 0.0971. The van der Waals surface area contributed by atoms with Crippen LogP contribution in [-0.2, 0) is 11.3 Å². The van der Waals surface area contributed by atoms with Crippen LogP contribution in [0.15, 0.2) is 59.4 Å². The number of carbonyl (C=O) groups is 2. The monoisotopic (exact) mass is 511 g/mol. The van der Waals surface area contributed by atoms with Crippen LogP contribution in [0.3, 0.4) is 0 Å². The maximum absolute atomic E-state index is 13.7. The molecule has 2 amide bonds. The van der Waals surface area contributed by atoms with Gasteiger partial charge in [0, 0.05) is 11.0 Å². The molecule has 0 unspecified atom stereocenters. The van der Waals surface area contributed by atoms with E-state index < -0.39 is 17.6 Å². The van der Waals surface area contributed by atoms with Crippen molar-refractivity contribution in [2.45, 2.75) is 32.9 Å². The third kappa shape index (κ3) is 5.11. The number of halogens is 1. The van der Waals surface area contributed by atoms with Crippen molar-refractivity contribution >= 4 is 33.7 Å². The lowest BCUT2D eigenvalue weighted by Crippen LogP contribution is -2.41. The van der Waals surface area contributed by atoms with Gasteiger partial charge in [-0.3, -0.25) is 4.79 Å². The standard InChI is InChI=1S/C23H22BrN5O4/c1-23(2,3)33-22(31)29-19-8-6-7-17(26-19)20-27-25-14-28(20)11-4-5-12-32-18-10-9-15(24)13-16(18)21(29)30/h4-10,13-14H,11-12H2,1-3H3/b5-4-. The highest BCUT2D eigenvalue weighted by atomic mass is 79.9. The van der Waals surface area contributed by atoms with E-state index in [9.17, 15) is 9.59 Å². The summed E-state index contributed by atoms with van der Waals surface area (Å²) in [4.78, 5) is 32.4. The Balaban J connectivity index is 1.90. The number of amides is 2. The van der Waals surface area contributed by atoms with Crippen molar-refractivity contribution in [3.63, 3.8) is 0 Å². The topological polar surface area (TPSA) is 99.4 Å². The Morgan fingerprint density at radius 3 is 2.79 bits per heavy atom. The van der Waals surface area contributed by atoms with Crippen molar-refractivity contribution in [3.05, 3.63) is 64.9 Å². The van der Waals surface area contributed by atoms with Gasteiger partial charge in [-0.05, 0) is 57.2 Å². The van der Waals surface area contributed by atoms with E-state index in [1.165, 1.54) is 0 Å². The van der Waals surface area contributed by atoms with Crippen LogP contribution >= 0.6 is 15.9 Å². The maximum Gasteiger partial charge on any atom is 0.423 e. The molecule has 1 aliphatic heterocycles. The number of imide groups is 1. The Hall–Kier alpha value is -3.53. The van der Waals surface area contributed by atoms with E-state index in [2.05, 4.69) is 31.1 Å². The molecular weight excluding hydrogens is 490 g/mol. The number of hydrogen-bond donors (Lipinski definition) is 0. The van der Waals surface area contributed by atoms with E-state index >= 15 is 0 Å². The van der Waals surface area contributed by atoms with Crippen LogP contribution in [0.2, 0.25) is 0 Å². The van der Waals surface area contributed by atoms with Gasteiger partial charge in [-0.1, -0.05) is 28.1 Å². The van der Waals surface area contributed by atoms with Crippen LogP contribution in [-0.4, -0.2) is 44.0 Å². The first-order chi connectivity index (χ1) is 15.7. The lowest BCUT2D eigenvalue weighted by molar-refractivity contribution is 0.0563. The van der Waals surface area contributed by atoms with Crippen molar-refractivity contribution in [2.75, 3.05) is 11.5 Å². The molecule has 0 aliphatic carbocycles. The average Bonchev–Trinajstić information content (AvgIpc) is 3.21. The zero-order valence-corrected chi connectivity index (χ0v) is 19.9. The fraction of sp³-hybridized carbons (Fsp3) is 0.261. The average molecular weight is 512 g/mol. The largest absolute Gasteiger partial charge is 0.489 e. The minimum Gasteiger partial charge on any atom is -0.489 e. The van der Waals surface area contributed by atoms with Crippen LogP contribution < -0.4 is 9.64 Å². The Bertz CT molecular complexity index is 1230. The molecule has 0 atom stereocenters. The van der Waals surface area contributed by atoms with Gasteiger partial charge in [-0.2, -0.15) is 4.90 Å². The van der Waals surface area contributed by atoms with Gasteiger partial charge in [0.15, 0.2) is 5.82 Å². The van der Waals surface area contributed by atoms with E-state index in [4.69, 9.17) is 9.47 Å². The molecule has 33 heavy (non-hydrogen) atoms. The first-order valence-corrected chi connectivity index (χ1v) is 11.0. The first kappa shape index (κ1) is 22.7. The molecule has 0 radical (unpaired) electrons. The molecule has 170 valence electrons. The summed E-state index contributed by atoms with van der Waals surface area (Å²) in [6, 6.07) is 10.0. The number of fused-ring (bicyclic) bond motifs is 5. The van der Waals surface area contributed by atoms with E-state index in [-0.39, 0.29) is 18.0 Å². The molecule has 1 aromatic carbocycles. The highest BCUT2D eigenvalue weighted by Gasteiger charge is 2.33. The maximum atomic E-state index is 13.7. The van der Waals surface area contributed by atoms with Gasteiger partial charge in [0.2, 0.25) is 0 Å². The van der Waals surface area contributed by atoms with Gasteiger partial charge in [-0.15, -0.1) is 10.2 Å². The summed E-state index contributed by atoms with van der Waals surface area (Å²) in [5.41, 5.74) is -0.172. The molecule has 3 aromatic rings. The molecule has 3 heterocycles. The molecule has 2 bridgehead atoms. The predicted molar refractivity (Wildman–Crippen MR) is 125 cm³/mol. The van der Waals surface area contributed by atoms with Crippen LogP contribution in [0.5, 0.6) is 5.75 Å². The van der Waals surface area contributed by atoms with Crippen LogP contribution in [0, 0.1) is 0 Å². The summed E-state index contributed by atoms with van der Waals surface area (Å²) in [6.45, 7) is 5.92. The molecule has 4 rings (SSSR count). The molecule has 0 fully saturated rings. The molecule has 10 heteroatoms. The Kier molecular flexibility index (Phi) is 6.28. The molecule has 9 nitrogen and oxygen atoms in total. The van der Waals surface area contributed by atoms with Crippen LogP contribution in [0.25, 0.3) is 11.5 Å². The quantitative estimate of drug-likeness (QED) is 0.405. The molecule has 0 spiro atoms. The normalized spacial score (nSPS) is 15.0. The number of allylic oxidation sites excluding steroid dienone is 1. The molecule has 0 saturated heterocycles. The number of hydrogen-bond acceptors (Lipinski definition) is 7. The number of benzene rings is 1. The van der Waals surface area contributed by atoms with Gasteiger partial charge in [0.25, 0.3) is 5.91 Å². The fourth-order valence-corrected chi connectivity index (χ4v) is 3.52. The van der Waals surface area contributed by atoms with Crippen molar-refractivity contribution < 1.29 is 19.1 Å². The zero-order valence-electron chi connectivity index (χ0n) is 18.4. The van der Waals surface area contributed by atoms with Gasteiger partial charge < -0.3 is 14.0 Å². The summed E-state index contributed by atoms with van der Waals surface area (Å²) < 4.78 is 13.9. The molecule has 0 saturated carbocycles. The number of ether oxygens (including phenoxy) is 2. The van der Waals surface area contributed by atoms with Crippen molar-refractivity contribution in [3.8, 4) is 17.3 Å². The third-order valence-electron chi connectivity index (χ3n) is 4.56. The minimum atomic E-state index is -0.850. The SMILES string of the molecule is CC(C)(C)OC(=O)N1C(=O)c2cc(Br)ccc2OC/C=C\Cn2cnnc2-c2cccc1n2. The van der Waals surface area contributed by atoms with E-state index in [1.54, 1.807) is 68.1 Å². The molecule has 2 aromatic heterocycles. The Morgan fingerprint density at radius 1 is 1.18 bits per heavy atom. The zero-order chi connectivity index (χ0) is 23.6. The number of nitrogens with zero attached hydrogens (tertiary/aromatic N) is 5. The number of pyridine rings is 1. The Labute approximate surface area is 199 Å². The van der Waals surface area contributed by atoms with Crippen LogP contribution in [0.4, 0.5) is 10.6 Å². The lowest BCUT2D eigenvalue weighted by Gasteiger charge is -2.26. The predicted octanol–water partition coefficient (Wildman–Crippen LogP) is 4.63. The van der Waals surface area contributed by atoms with Gasteiger partial charge in [-0.25, -0.2) is 9.78 Å². The lowest BCUT2D eigenvalue weighted by atomic mass is 10.1. The van der Waals surface area contributed by atoms with Gasteiger partial charge in [0.05, 0.1) is 5.56 Å². The summed E-state index contributed by atoms with van der Waals surface area (Å²) in [6.07, 6.45) is 4.48. The molecule has 0 N–H and O–H groups in total. The van der Waals surface area contributed by atoms with E-state index in [0.29, 0.717) is 28.3 Å².